The molecule has 3 saturated heterocycles. The largest absolute Gasteiger partial charge is 0.466 e. The number of carbonyl (C=O) groups is 3. The maximum Gasteiger partial charge on any atom is 0.312 e. The van der Waals surface area contributed by atoms with Gasteiger partial charge in [0.25, 0.3) is 0 Å². The van der Waals surface area contributed by atoms with Crippen LogP contribution in [-0.4, -0.2) is 87.1 Å². The van der Waals surface area contributed by atoms with Crippen LogP contribution >= 0.6 is 15.9 Å². The van der Waals surface area contributed by atoms with Crippen LogP contribution in [0.15, 0.2) is 12.7 Å². The molecule has 0 radical (unpaired) electrons. The van der Waals surface area contributed by atoms with Crippen molar-refractivity contribution in [1.29, 1.82) is 0 Å². The second kappa shape index (κ2) is 11.1. The third-order valence-electron chi connectivity index (χ3n) is 8.99. The number of rotatable bonds is 10. The van der Waals surface area contributed by atoms with Crippen molar-refractivity contribution in [3.8, 4) is 0 Å². The average Bonchev–Trinajstić information content (AvgIpc) is 3.47. The number of alkyl halides is 1. The minimum atomic E-state index is -1.14. The van der Waals surface area contributed by atoms with Gasteiger partial charge >= 0.3 is 5.97 Å². The van der Waals surface area contributed by atoms with Gasteiger partial charge in [-0.05, 0) is 32.1 Å². The lowest BCUT2D eigenvalue weighted by atomic mass is 9.70. The molecule has 3 aliphatic heterocycles. The molecule has 202 valence electrons. The monoisotopic (exact) mass is 568 g/mol. The van der Waals surface area contributed by atoms with E-state index in [1.54, 1.807) is 17.9 Å². The lowest BCUT2D eigenvalue weighted by molar-refractivity contribution is -0.157. The van der Waals surface area contributed by atoms with E-state index in [-0.39, 0.29) is 41.8 Å². The molecule has 0 aromatic heterocycles. The number of ether oxygens (including phenoxy) is 2. The van der Waals surface area contributed by atoms with Crippen LogP contribution in [0.5, 0.6) is 0 Å². The normalized spacial score (nSPS) is 35.4. The standard InChI is InChI=1S/C27H41BrN2O6/c1-5-13-29(17-11-9-8-10-12-17)25(33)23-27-14-18(28)22(36-27)20(26(34)35-7-3)21(27)24(32)30(23)19(15-31)16(4)6-2/h5,16-23,31H,1,6-15H2,2-4H3/t16-,18?,19-,20+,21-,22+,23+,27-/m0/s1. The number of aliphatic hydroxyl groups excluding tert-OH is 1. The van der Waals surface area contributed by atoms with Gasteiger partial charge in [0.15, 0.2) is 0 Å². The van der Waals surface area contributed by atoms with Crippen molar-refractivity contribution in [3.05, 3.63) is 12.7 Å². The van der Waals surface area contributed by atoms with E-state index in [0.717, 1.165) is 38.5 Å². The summed E-state index contributed by atoms with van der Waals surface area (Å²) in [6.07, 6.45) is 7.50. The molecule has 4 fully saturated rings. The minimum absolute atomic E-state index is 0.0370. The quantitative estimate of drug-likeness (QED) is 0.247. The zero-order valence-corrected chi connectivity index (χ0v) is 23.3. The number of hydrogen-bond acceptors (Lipinski definition) is 6. The Balaban J connectivity index is 1.81. The topological polar surface area (TPSA) is 96.4 Å². The summed E-state index contributed by atoms with van der Waals surface area (Å²) < 4.78 is 11.9. The molecule has 3 heterocycles. The van der Waals surface area contributed by atoms with E-state index < -0.39 is 41.6 Å². The van der Waals surface area contributed by atoms with E-state index in [9.17, 15) is 19.5 Å². The molecule has 2 bridgehead atoms. The van der Waals surface area contributed by atoms with Crippen molar-refractivity contribution < 1.29 is 29.0 Å². The van der Waals surface area contributed by atoms with E-state index in [1.165, 1.54) is 0 Å². The van der Waals surface area contributed by atoms with Gasteiger partial charge in [-0.25, -0.2) is 0 Å². The lowest BCUT2D eigenvalue weighted by Crippen LogP contribution is -2.61. The number of likely N-dealkylation sites (tertiary alicyclic amines) is 1. The molecule has 2 amide bonds. The second-order valence-electron chi connectivity index (χ2n) is 10.9. The molecule has 1 N–H and O–H groups in total. The summed E-state index contributed by atoms with van der Waals surface area (Å²) in [5, 5.41) is 10.5. The summed E-state index contributed by atoms with van der Waals surface area (Å²) in [6, 6.07) is -1.38. The van der Waals surface area contributed by atoms with E-state index in [1.807, 2.05) is 18.7 Å². The molecule has 9 heteroatoms. The Hall–Kier alpha value is -1.45. The molecule has 1 spiro atoms. The van der Waals surface area contributed by atoms with Crippen molar-refractivity contribution in [2.45, 2.75) is 100 Å². The molecule has 8 atom stereocenters. The Labute approximate surface area is 222 Å². The fourth-order valence-corrected chi connectivity index (χ4v) is 8.08. The summed E-state index contributed by atoms with van der Waals surface area (Å²) in [7, 11) is 0. The highest BCUT2D eigenvalue weighted by molar-refractivity contribution is 9.09. The first-order chi connectivity index (χ1) is 17.3. The molecule has 0 aromatic carbocycles. The van der Waals surface area contributed by atoms with Gasteiger partial charge in [-0.15, -0.1) is 6.58 Å². The van der Waals surface area contributed by atoms with E-state index in [2.05, 4.69) is 22.5 Å². The van der Waals surface area contributed by atoms with Crippen molar-refractivity contribution in [1.82, 2.24) is 9.80 Å². The Morgan fingerprint density at radius 2 is 2.03 bits per heavy atom. The third-order valence-corrected chi connectivity index (χ3v) is 9.83. The highest BCUT2D eigenvalue weighted by Crippen LogP contribution is 2.61. The number of halogens is 1. The van der Waals surface area contributed by atoms with Crippen LogP contribution in [0, 0.1) is 17.8 Å². The van der Waals surface area contributed by atoms with Gasteiger partial charge in [0.1, 0.15) is 11.6 Å². The number of esters is 1. The Morgan fingerprint density at radius 1 is 1.33 bits per heavy atom. The van der Waals surface area contributed by atoms with Crippen LogP contribution in [0.2, 0.25) is 0 Å². The number of carbonyl (C=O) groups excluding carboxylic acids is 3. The van der Waals surface area contributed by atoms with Crippen molar-refractivity contribution >= 4 is 33.7 Å². The van der Waals surface area contributed by atoms with Crippen molar-refractivity contribution in [2.24, 2.45) is 17.8 Å². The fraction of sp³-hybridized carbons (Fsp3) is 0.815. The SMILES string of the molecule is C=CCN(C(=O)[C@H]1N([C@@H](CO)[C@@H](C)CC)C(=O)[C@@H]2[C@@H](C(=O)OCC)[C@@H]3O[C@@]21CC3Br)C1CCCCC1. The summed E-state index contributed by atoms with van der Waals surface area (Å²) >= 11 is 3.69. The van der Waals surface area contributed by atoms with E-state index >= 15 is 0 Å². The van der Waals surface area contributed by atoms with Gasteiger partial charge in [0.2, 0.25) is 11.8 Å². The van der Waals surface area contributed by atoms with Gasteiger partial charge in [-0.3, -0.25) is 14.4 Å². The molecule has 8 nitrogen and oxygen atoms in total. The zero-order valence-electron chi connectivity index (χ0n) is 21.7. The molecule has 1 aliphatic carbocycles. The molecule has 36 heavy (non-hydrogen) atoms. The third kappa shape index (κ3) is 4.33. The van der Waals surface area contributed by atoms with E-state index in [0.29, 0.717) is 13.0 Å². The molecule has 1 unspecified atom stereocenters. The molecular weight excluding hydrogens is 528 g/mol. The summed E-state index contributed by atoms with van der Waals surface area (Å²) in [6.45, 7) is 9.96. The number of amides is 2. The fourth-order valence-electron chi connectivity index (χ4n) is 7.13. The molecule has 4 rings (SSSR count). The Kier molecular flexibility index (Phi) is 8.52. The number of nitrogens with zero attached hydrogens (tertiary/aromatic N) is 2. The maximum absolute atomic E-state index is 14.5. The van der Waals surface area contributed by atoms with Gasteiger partial charge in [0, 0.05) is 17.4 Å². The summed E-state index contributed by atoms with van der Waals surface area (Å²) in [5.74, 6) is -2.53. The van der Waals surface area contributed by atoms with Gasteiger partial charge in [-0.1, -0.05) is 61.5 Å². The Bertz CT molecular complexity index is 863. The molecule has 0 aromatic rings. The predicted molar refractivity (Wildman–Crippen MR) is 138 cm³/mol. The van der Waals surface area contributed by atoms with Crippen LogP contribution in [-0.2, 0) is 23.9 Å². The maximum atomic E-state index is 14.5. The number of hydrogen-bond donors (Lipinski definition) is 1. The van der Waals surface area contributed by atoms with Gasteiger partial charge in [-0.2, -0.15) is 0 Å². The molecule has 1 saturated carbocycles. The smallest absolute Gasteiger partial charge is 0.312 e. The Morgan fingerprint density at radius 3 is 2.61 bits per heavy atom. The highest BCUT2D eigenvalue weighted by atomic mass is 79.9. The van der Waals surface area contributed by atoms with E-state index in [4.69, 9.17) is 9.47 Å². The summed E-state index contributed by atoms with van der Waals surface area (Å²) in [4.78, 5) is 45.2. The summed E-state index contributed by atoms with van der Waals surface area (Å²) in [5.41, 5.74) is -1.14. The van der Waals surface area contributed by atoms with Crippen LogP contribution in [0.1, 0.15) is 65.7 Å². The molecular formula is C27H41BrN2O6. The van der Waals surface area contributed by atoms with Gasteiger partial charge in [0.05, 0.1) is 37.2 Å². The van der Waals surface area contributed by atoms with Gasteiger partial charge < -0.3 is 24.4 Å². The second-order valence-corrected chi connectivity index (χ2v) is 12.0. The lowest BCUT2D eigenvalue weighted by Gasteiger charge is -2.43. The predicted octanol–water partition coefficient (Wildman–Crippen LogP) is 3.05. The van der Waals surface area contributed by atoms with Crippen LogP contribution < -0.4 is 0 Å². The van der Waals surface area contributed by atoms with Crippen molar-refractivity contribution in [3.63, 3.8) is 0 Å². The van der Waals surface area contributed by atoms with Crippen LogP contribution in [0.25, 0.3) is 0 Å². The highest BCUT2D eigenvalue weighted by Gasteiger charge is 2.77. The van der Waals surface area contributed by atoms with Crippen LogP contribution in [0.4, 0.5) is 0 Å². The first-order valence-electron chi connectivity index (χ1n) is 13.6. The first-order valence-corrected chi connectivity index (χ1v) is 14.5. The van der Waals surface area contributed by atoms with Crippen molar-refractivity contribution in [2.75, 3.05) is 19.8 Å². The number of aliphatic hydroxyl groups is 1. The average molecular weight is 570 g/mol. The zero-order chi connectivity index (χ0) is 26.2. The van der Waals surface area contributed by atoms with Crippen LogP contribution in [0.3, 0.4) is 0 Å². The number of fused-ring (bicyclic) bond motifs is 1. The molecule has 4 aliphatic rings. The first kappa shape index (κ1) is 27.6. The minimum Gasteiger partial charge on any atom is -0.466 e.